The predicted molar refractivity (Wildman–Crippen MR) is 209 cm³/mol. The average Bonchev–Trinajstić information content (AvgIpc) is 3.74. The van der Waals surface area contributed by atoms with Crippen LogP contribution in [0.2, 0.25) is 0 Å². The molecule has 0 amide bonds. The van der Waals surface area contributed by atoms with Gasteiger partial charge in [0.1, 0.15) is 0 Å². The lowest BCUT2D eigenvalue weighted by Crippen LogP contribution is -2.01. The lowest BCUT2D eigenvalue weighted by atomic mass is 10.0. The van der Waals surface area contributed by atoms with Crippen molar-refractivity contribution in [3.63, 3.8) is 0 Å². The van der Waals surface area contributed by atoms with E-state index in [2.05, 4.69) is 138 Å². The molecule has 0 aliphatic carbocycles. The number of nitrogens with zero attached hydrogens (tertiary/aromatic N) is 4. The molecule has 0 aliphatic rings. The molecule has 234 valence electrons. The van der Waals surface area contributed by atoms with Crippen LogP contribution in [0.25, 0.3) is 93.0 Å². The summed E-state index contributed by atoms with van der Waals surface area (Å²) in [5.74, 6) is 1.92. The molecule has 0 atom stereocenters. The summed E-state index contributed by atoms with van der Waals surface area (Å²) in [6.07, 6.45) is 0. The van der Waals surface area contributed by atoms with E-state index in [1.807, 2.05) is 47.7 Å². The molecule has 10 aromatic rings. The molecule has 3 aromatic heterocycles. The van der Waals surface area contributed by atoms with Crippen LogP contribution >= 0.6 is 11.3 Å². The molecule has 0 saturated carbocycles. The van der Waals surface area contributed by atoms with Crippen molar-refractivity contribution in [1.29, 1.82) is 0 Å². The van der Waals surface area contributed by atoms with Crippen LogP contribution in [0.4, 0.5) is 0 Å². The van der Waals surface area contributed by atoms with E-state index in [9.17, 15) is 0 Å². The third-order valence-electron chi connectivity index (χ3n) is 9.44. The average molecular weight is 657 g/mol. The summed E-state index contributed by atoms with van der Waals surface area (Å²) in [7, 11) is 0. The van der Waals surface area contributed by atoms with E-state index in [0.717, 1.165) is 33.5 Å². The minimum absolute atomic E-state index is 0.633. The van der Waals surface area contributed by atoms with Crippen LogP contribution in [0, 0.1) is 0 Å². The molecule has 7 aromatic carbocycles. The van der Waals surface area contributed by atoms with Crippen LogP contribution in [0.5, 0.6) is 0 Å². The van der Waals surface area contributed by atoms with E-state index in [1.54, 1.807) is 0 Å². The van der Waals surface area contributed by atoms with Gasteiger partial charge in [-0.2, -0.15) is 0 Å². The maximum absolute atomic E-state index is 5.12. The number of thiophene rings is 1. The third-order valence-corrected chi connectivity index (χ3v) is 10.6. The van der Waals surface area contributed by atoms with Crippen LogP contribution in [0.1, 0.15) is 0 Å². The first kappa shape index (κ1) is 28.6. The molecule has 0 aliphatic heterocycles. The molecule has 4 nitrogen and oxygen atoms in total. The summed E-state index contributed by atoms with van der Waals surface area (Å²) >= 11 is 1.87. The maximum atomic E-state index is 5.12. The highest BCUT2D eigenvalue weighted by Gasteiger charge is 2.19. The molecule has 0 bridgehead atoms. The predicted octanol–water partition coefficient (Wildman–Crippen LogP) is 12.0. The number of hydrogen-bond donors (Lipinski definition) is 0. The summed E-state index contributed by atoms with van der Waals surface area (Å²) in [5.41, 5.74) is 8.50. The largest absolute Gasteiger partial charge is 0.309 e. The van der Waals surface area contributed by atoms with Crippen molar-refractivity contribution in [2.24, 2.45) is 0 Å². The first-order chi connectivity index (χ1) is 24.8. The lowest BCUT2D eigenvalue weighted by Gasteiger charge is -2.12. The topological polar surface area (TPSA) is 43.6 Å². The zero-order chi connectivity index (χ0) is 33.0. The summed E-state index contributed by atoms with van der Waals surface area (Å²) in [5, 5.41) is 5.15. The molecule has 10 rings (SSSR count). The van der Waals surface area contributed by atoms with Crippen LogP contribution in [0.3, 0.4) is 0 Å². The number of rotatable bonds is 5. The number of fused-ring (bicyclic) bond motifs is 7. The van der Waals surface area contributed by atoms with Gasteiger partial charge in [0, 0.05) is 53.3 Å². The summed E-state index contributed by atoms with van der Waals surface area (Å²) < 4.78 is 5.01. The van der Waals surface area contributed by atoms with E-state index >= 15 is 0 Å². The van der Waals surface area contributed by atoms with Gasteiger partial charge in [-0.1, -0.05) is 133 Å². The fourth-order valence-electron chi connectivity index (χ4n) is 7.12. The summed E-state index contributed by atoms with van der Waals surface area (Å²) in [6.45, 7) is 0. The lowest BCUT2D eigenvalue weighted by molar-refractivity contribution is 1.07. The molecule has 0 fully saturated rings. The van der Waals surface area contributed by atoms with Gasteiger partial charge in [-0.05, 0) is 47.5 Å². The van der Waals surface area contributed by atoms with Gasteiger partial charge in [0.2, 0.25) is 0 Å². The molecule has 50 heavy (non-hydrogen) atoms. The Bertz CT molecular complexity index is 2870. The molecule has 0 spiro atoms. The Morgan fingerprint density at radius 1 is 0.380 bits per heavy atom. The van der Waals surface area contributed by atoms with Crippen molar-refractivity contribution in [2.75, 3.05) is 0 Å². The molecular formula is C45H28N4S. The maximum Gasteiger partial charge on any atom is 0.164 e. The zero-order valence-corrected chi connectivity index (χ0v) is 27.7. The minimum atomic E-state index is 0.633. The Balaban J connectivity index is 1.16. The van der Waals surface area contributed by atoms with Crippen LogP contribution in [0.15, 0.2) is 170 Å². The number of benzene rings is 7. The van der Waals surface area contributed by atoms with E-state index in [0.29, 0.717) is 17.5 Å². The second-order valence-electron chi connectivity index (χ2n) is 12.5. The molecular weight excluding hydrogens is 629 g/mol. The highest BCUT2D eigenvalue weighted by molar-refractivity contribution is 7.26. The van der Waals surface area contributed by atoms with Gasteiger partial charge in [0.05, 0.1) is 11.0 Å². The Hall–Kier alpha value is -6.43. The molecule has 0 saturated heterocycles. The quantitative estimate of drug-likeness (QED) is 0.185. The van der Waals surface area contributed by atoms with Crippen LogP contribution < -0.4 is 0 Å². The van der Waals surface area contributed by atoms with Crippen molar-refractivity contribution in [1.82, 2.24) is 19.5 Å². The van der Waals surface area contributed by atoms with Crippen molar-refractivity contribution >= 4 is 53.3 Å². The standard InChI is InChI=1S/C45H28N4S/c1-3-13-29(14-4-1)31-17-11-18-32(27-31)44-46-43(30-15-5-2-6-16-30)47-45(48-44)33-19-12-20-34(28-33)49-38-23-9-7-22-37(38)41-39(49)26-25-36-35-21-8-10-24-40(35)50-42(36)41/h1-28H. The number of para-hydroxylation sites is 1. The highest BCUT2D eigenvalue weighted by Crippen LogP contribution is 2.43. The second kappa shape index (κ2) is 11.6. The monoisotopic (exact) mass is 656 g/mol. The third kappa shape index (κ3) is 4.71. The van der Waals surface area contributed by atoms with Crippen molar-refractivity contribution in [2.45, 2.75) is 0 Å². The number of aromatic nitrogens is 4. The Labute approximate surface area is 292 Å². The molecule has 0 unspecified atom stereocenters. The first-order valence-corrected chi connectivity index (χ1v) is 17.5. The van der Waals surface area contributed by atoms with Gasteiger partial charge >= 0.3 is 0 Å². The number of hydrogen-bond acceptors (Lipinski definition) is 4. The fourth-order valence-corrected chi connectivity index (χ4v) is 8.38. The van der Waals surface area contributed by atoms with Gasteiger partial charge in [0.15, 0.2) is 17.5 Å². The van der Waals surface area contributed by atoms with E-state index in [4.69, 9.17) is 15.0 Å². The SMILES string of the molecule is c1ccc(-c2cccc(-c3nc(-c4ccccc4)nc(-c4cccc(-n5c6ccccc6c6c7sc8ccccc8c7ccc65)c4)n3)c2)cc1. The molecule has 3 heterocycles. The first-order valence-electron chi connectivity index (χ1n) is 16.7. The zero-order valence-electron chi connectivity index (χ0n) is 26.9. The van der Waals surface area contributed by atoms with Crippen molar-refractivity contribution in [3.8, 4) is 51.0 Å². The van der Waals surface area contributed by atoms with Crippen LogP contribution in [-0.2, 0) is 0 Å². The van der Waals surface area contributed by atoms with E-state index in [-0.39, 0.29) is 0 Å². The van der Waals surface area contributed by atoms with Crippen LogP contribution in [-0.4, -0.2) is 19.5 Å². The molecule has 0 N–H and O–H groups in total. The smallest absolute Gasteiger partial charge is 0.164 e. The van der Waals surface area contributed by atoms with Crippen molar-refractivity contribution in [3.05, 3.63) is 170 Å². The minimum Gasteiger partial charge on any atom is -0.309 e. The Morgan fingerprint density at radius 2 is 0.960 bits per heavy atom. The van der Waals surface area contributed by atoms with Gasteiger partial charge in [-0.3, -0.25) is 0 Å². The Kier molecular flexibility index (Phi) is 6.64. The normalized spacial score (nSPS) is 11.6. The second-order valence-corrected chi connectivity index (χ2v) is 13.5. The fraction of sp³-hybridized carbons (Fsp3) is 0. The van der Waals surface area contributed by atoms with E-state index < -0.39 is 0 Å². The highest BCUT2D eigenvalue weighted by atomic mass is 32.1. The van der Waals surface area contributed by atoms with Gasteiger partial charge in [-0.15, -0.1) is 11.3 Å². The van der Waals surface area contributed by atoms with Gasteiger partial charge in [-0.25, -0.2) is 15.0 Å². The molecule has 0 radical (unpaired) electrons. The van der Waals surface area contributed by atoms with E-state index in [1.165, 1.54) is 42.0 Å². The summed E-state index contributed by atoms with van der Waals surface area (Å²) in [4.78, 5) is 15.2. The Morgan fingerprint density at radius 3 is 1.74 bits per heavy atom. The summed E-state index contributed by atoms with van der Waals surface area (Å²) in [6, 6.07) is 59.5. The van der Waals surface area contributed by atoms with Crippen molar-refractivity contribution < 1.29 is 0 Å². The molecule has 5 heteroatoms. The van der Waals surface area contributed by atoms with Gasteiger partial charge < -0.3 is 4.57 Å². The van der Waals surface area contributed by atoms with Gasteiger partial charge in [0.25, 0.3) is 0 Å².